The van der Waals surface area contributed by atoms with Crippen LogP contribution in [-0.4, -0.2) is 229 Å². The number of aliphatic carboxylic acids is 1. The Labute approximate surface area is 588 Å². The Balaban J connectivity index is 1.22. The molecule has 2 unspecified atom stereocenters. The number of carbonyl (C=O) groups is 13. The third kappa shape index (κ3) is 22.9. The van der Waals surface area contributed by atoms with E-state index in [0.717, 1.165) is 24.2 Å². The van der Waals surface area contributed by atoms with Gasteiger partial charge in [0.15, 0.2) is 6.04 Å². The number of hydrogen-bond donors (Lipinski definition) is 15. The van der Waals surface area contributed by atoms with Gasteiger partial charge in [0.05, 0.1) is 50.3 Å². The van der Waals surface area contributed by atoms with Crippen molar-refractivity contribution in [1.29, 1.82) is 0 Å². The number of nitrogens with zero attached hydrogens (tertiary/aromatic N) is 2. The SMILES string of the molecule is CCC(=O)N[C@H](C(=O)NCC(=O)N[C@H]1C[S+]([O-])c2[nH]c3c(CSC4CCN(C(=O)CCCCCNC(=O)C5CCC(CNC(=O)CC(C)C(=O)O)CC5)CC4)c(OC)ccc3c2C[C@@H](C(N)=O)NC(=O)[C@H]([C@@H](C)[C@@H](O)CO)NC(=O)[C@@H]2C[C@@H](O)CN2C(=O)[C@H](CC(N)=O)NC1=O)[C@@H](C)CC. The van der Waals surface area contributed by atoms with Crippen molar-refractivity contribution in [2.45, 2.75) is 202 Å². The summed E-state index contributed by atoms with van der Waals surface area (Å²) in [4.78, 5) is 180. The van der Waals surface area contributed by atoms with E-state index in [0.29, 0.717) is 99.8 Å². The van der Waals surface area contributed by atoms with E-state index in [2.05, 4.69) is 47.5 Å². The molecule has 0 bridgehead atoms. The Morgan fingerprint density at radius 3 is 2.19 bits per heavy atom. The lowest BCUT2D eigenvalue weighted by atomic mass is 9.81. The summed E-state index contributed by atoms with van der Waals surface area (Å²) < 4.78 is 21.3. The van der Waals surface area contributed by atoms with Crippen LogP contribution < -0.4 is 58.7 Å². The standard InChI is InChI=1S/C66H101N13O19S2/c1-7-34(3)55(75-51(84)8-2)62(92)71-29-53(86)72-46-33-100(97)64-42(26-44(58(68)88)73-63(93)56(36(5)48(82)31-80)76-61(91)47-25-39(81)30-79(47)65(94)45(27-50(67)83)74-60(46)90)41-17-18-49(98-6)43(57(41)77-64)32-99-40-19-22-78(23-20-40)54(87)12-10-9-11-21-69-59(89)38-15-13-37(14-16-38)28-70-52(85)24-35(4)66(95)96/h17-18,34-40,44-48,55-56,77,80-82H,7-16,19-33H2,1-6H3,(H2,67,83)(H2,68,88)(H,69,89)(H,70,85)(H,71,92)(H,72,86)(H,73,93)(H,74,90)(H,75,84)(H,76,91)(H,95,96)/t34-,35?,36-,37?,38?,39+,44-,45-,46-,47-,48-,55-,56-,100?/m0/s1. The van der Waals surface area contributed by atoms with Crippen molar-refractivity contribution < 1.29 is 92.0 Å². The summed E-state index contributed by atoms with van der Waals surface area (Å²) in [6.45, 7) is 7.57. The number of nitrogens with two attached hydrogens (primary N) is 2. The Hall–Kier alpha value is -7.79. The van der Waals surface area contributed by atoms with Crippen molar-refractivity contribution >= 4 is 111 Å². The lowest BCUT2D eigenvalue weighted by molar-refractivity contribution is -0.144. The second-order valence-electron chi connectivity index (χ2n) is 26.6. The number of aromatic nitrogens is 1. The highest BCUT2D eigenvalue weighted by molar-refractivity contribution is 7.99. The average molecular weight is 1440 g/mol. The van der Waals surface area contributed by atoms with Crippen molar-refractivity contribution in [3.8, 4) is 5.75 Å². The van der Waals surface area contributed by atoms with Gasteiger partial charge in [0.2, 0.25) is 75.9 Å². The molecule has 32 nitrogen and oxygen atoms in total. The zero-order chi connectivity index (χ0) is 73.7. The van der Waals surface area contributed by atoms with Gasteiger partial charge in [0.25, 0.3) is 0 Å². The van der Waals surface area contributed by atoms with E-state index in [4.69, 9.17) is 21.3 Å². The maximum Gasteiger partial charge on any atom is 0.306 e. The molecular formula is C66H101N13O19S2. The zero-order valence-corrected chi connectivity index (χ0v) is 59.3. The van der Waals surface area contributed by atoms with Crippen LogP contribution in [0.3, 0.4) is 0 Å². The summed E-state index contributed by atoms with van der Waals surface area (Å²) in [5, 5.41) is 62.0. The number of unbranched alkanes of at least 4 members (excludes halogenated alkanes) is 2. The molecule has 3 fully saturated rings. The largest absolute Gasteiger partial charge is 0.610 e. The number of piperidine rings is 1. The smallest absolute Gasteiger partial charge is 0.306 e. The lowest BCUT2D eigenvalue weighted by Crippen LogP contribution is -2.61. The summed E-state index contributed by atoms with van der Waals surface area (Å²) in [6, 6.07) is -6.69. The third-order valence-electron chi connectivity index (χ3n) is 19.3. The van der Waals surface area contributed by atoms with Gasteiger partial charge in [0.1, 0.15) is 41.7 Å². The Morgan fingerprint density at radius 1 is 0.860 bits per heavy atom. The van der Waals surface area contributed by atoms with Gasteiger partial charge in [-0.1, -0.05) is 47.5 Å². The number of nitrogens with one attached hydrogen (secondary N) is 9. The number of carboxylic acid groups (broad SMARTS) is 1. The molecule has 1 aromatic heterocycles. The van der Waals surface area contributed by atoms with Gasteiger partial charge in [-0.05, 0) is 75.3 Å². The van der Waals surface area contributed by atoms with E-state index in [1.54, 1.807) is 44.7 Å². The minimum atomic E-state index is -2.47. The predicted molar refractivity (Wildman–Crippen MR) is 366 cm³/mol. The van der Waals surface area contributed by atoms with Crippen molar-refractivity contribution in [3.63, 3.8) is 0 Å². The fraction of sp³-hybridized carbons (Fsp3) is 0.682. The number of methoxy groups -OCH3 is 1. The topological polar surface area (TPSA) is 506 Å². The van der Waals surface area contributed by atoms with Crippen LogP contribution in [0.5, 0.6) is 5.75 Å². The van der Waals surface area contributed by atoms with Gasteiger partial charge in [-0.15, -0.1) is 0 Å². The molecule has 1 aromatic carbocycles. The summed E-state index contributed by atoms with van der Waals surface area (Å²) in [7, 11) is 1.44. The van der Waals surface area contributed by atoms with Gasteiger partial charge in [-0.2, -0.15) is 11.8 Å². The highest BCUT2D eigenvalue weighted by Gasteiger charge is 2.46. The second-order valence-corrected chi connectivity index (χ2v) is 29.3. The molecule has 556 valence electrons. The number of rotatable bonds is 30. The molecule has 4 aliphatic rings. The molecule has 12 amide bonds. The number of H-pyrrole nitrogens is 1. The number of benzene rings is 1. The average Bonchev–Trinajstić information content (AvgIpc) is 1.61. The van der Waals surface area contributed by atoms with Gasteiger partial charge in [0, 0.05) is 115 Å². The molecule has 3 aliphatic heterocycles. The highest BCUT2D eigenvalue weighted by atomic mass is 32.2. The van der Waals surface area contributed by atoms with Gasteiger partial charge < -0.3 is 98.5 Å². The molecule has 17 N–H and O–H groups in total. The molecule has 12 atom stereocenters. The first-order chi connectivity index (χ1) is 47.5. The number of aromatic amines is 1. The normalized spacial score (nSPS) is 24.2. The maximum atomic E-state index is 15.4. The van der Waals surface area contributed by atoms with Crippen LogP contribution in [0, 0.1) is 29.6 Å². The number of hydrogen-bond acceptors (Lipinski definition) is 19. The number of aliphatic hydroxyl groups is 3. The number of amides is 12. The zero-order valence-electron chi connectivity index (χ0n) is 57.7. The molecule has 0 radical (unpaired) electrons. The molecule has 4 heterocycles. The van der Waals surface area contributed by atoms with E-state index < -0.39 is 181 Å². The quantitative estimate of drug-likeness (QED) is 0.0299. The number of likely N-dealkylation sites (tertiary alicyclic amines) is 1. The van der Waals surface area contributed by atoms with Crippen LogP contribution >= 0.6 is 11.8 Å². The molecular weight excluding hydrogens is 1340 g/mol. The van der Waals surface area contributed by atoms with Crippen LogP contribution in [0.15, 0.2) is 17.2 Å². The molecule has 100 heavy (non-hydrogen) atoms. The number of carboxylic acids is 1. The fourth-order valence-corrected chi connectivity index (χ4v) is 15.4. The van der Waals surface area contributed by atoms with Crippen molar-refractivity contribution in [1.82, 2.24) is 57.3 Å². The van der Waals surface area contributed by atoms with Gasteiger partial charge in [-0.25, -0.2) is 0 Å². The Kier molecular flexibility index (Phi) is 31.5. The lowest BCUT2D eigenvalue weighted by Gasteiger charge is -2.32. The van der Waals surface area contributed by atoms with Crippen LogP contribution in [0.25, 0.3) is 10.9 Å². The van der Waals surface area contributed by atoms with Gasteiger partial charge in [-0.3, -0.25) is 62.3 Å². The van der Waals surface area contributed by atoms with Crippen molar-refractivity contribution in [2.75, 3.05) is 58.7 Å². The number of ether oxygens (including phenoxy) is 1. The van der Waals surface area contributed by atoms with E-state index in [1.807, 2.05) is 4.90 Å². The van der Waals surface area contributed by atoms with Crippen LogP contribution in [0.4, 0.5) is 0 Å². The second kappa shape index (κ2) is 38.9. The van der Waals surface area contributed by atoms with E-state index in [1.165, 1.54) is 21.0 Å². The Bertz CT molecular complexity index is 3250. The van der Waals surface area contributed by atoms with Crippen LogP contribution in [0.1, 0.15) is 142 Å². The molecule has 1 saturated carbocycles. The number of primary amides is 2. The third-order valence-corrected chi connectivity index (χ3v) is 22.1. The number of fused-ring (bicyclic) bond motifs is 4. The van der Waals surface area contributed by atoms with Crippen LogP contribution in [-0.2, 0) is 85.7 Å². The van der Waals surface area contributed by atoms with E-state index >= 15 is 4.55 Å². The highest BCUT2D eigenvalue weighted by Crippen LogP contribution is 2.39. The molecule has 0 spiro atoms. The first-order valence-electron chi connectivity index (χ1n) is 34.4. The van der Waals surface area contributed by atoms with Gasteiger partial charge >= 0.3 is 5.97 Å². The maximum absolute atomic E-state index is 15.4. The predicted octanol–water partition coefficient (Wildman–Crippen LogP) is -1.92. The summed E-state index contributed by atoms with van der Waals surface area (Å²) in [5.41, 5.74) is 12.7. The molecule has 2 aromatic rings. The molecule has 34 heteroatoms. The van der Waals surface area contributed by atoms with E-state index in [9.17, 15) is 77.6 Å². The number of aliphatic hydroxyl groups excluding tert-OH is 3. The minimum Gasteiger partial charge on any atom is -0.610 e. The van der Waals surface area contributed by atoms with E-state index in [-0.39, 0.29) is 64.0 Å². The first-order valence-corrected chi connectivity index (χ1v) is 36.7. The Morgan fingerprint density at radius 2 is 1.56 bits per heavy atom. The summed E-state index contributed by atoms with van der Waals surface area (Å²) in [5.74, 6) is -12.8. The molecule has 1 aliphatic carbocycles. The molecule has 2 saturated heterocycles. The monoisotopic (exact) mass is 1440 g/mol. The summed E-state index contributed by atoms with van der Waals surface area (Å²) >= 11 is -0.909. The van der Waals surface area contributed by atoms with Crippen LogP contribution in [0.2, 0.25) is 0 Å². The fourth-order valence-electron chi connectivity index (χ4n) is 12.8. The summed E-state index contributed by atoms with van der Waals surface area (Å²) in [6.07, 6.45) is 2.11. The van der Waals surface area contributed by atoms with Crippen molar-refractivity contribution in [2.24, 2.45) is 41.1 Å². The number of carbonyl (C=O) groups excluding carboxylic acids is 12. The minimum absolute atomic E-state index is 0.0110. The van der Waals surface area contributed by atoms with Crippen molar-refractivity contribution in [3.05, 3.63) is 23.3 Å². The molecule has 6 rings (SSSR count). The first kappa shape index (κ1) is 81.2. The number of thioether (sulfide) groups is 1.